The van der Waals surface area contributed by atoms with E-state index in [4.69, 9.17) is 0 Å². The number of allylic oxidation sites excluding steroid dienone is 2. The van der Waals surface area contributed by atoms with Crippen molar-refractivity contribution in [2.75, 3.05) is 0 Å². The van der Waals surface area contributed by atoms with E-state index in [9.17, 15) is 79.0 Å². The van der Waals surface area contributed by atoms with Gasteiger partial charge in [-0.25, -0.2) is 8.78 Å². The lowest BCUT2D eigenvalue weighted by atomic mass is 9.74. The van der Waals surface area contributed by atoms with Gasteiger partial charge in [-0.3, -0.25) is 0 Å². The number of hydrogen-bond acceptors (Lipinski definition) is 0. The normalized spacial score (nSPS) is 26.8. The Morgan fingerprint density at radius 1 is 0.500 bits per heavy atom. The van der Waals surface area contributed by atoms with Gasteiger partial charge in [0.2, 0.25) is 0 Å². The van der Waals surface area contributed by atoms with Crippen molar-refractivity contribution in [3.63, 3.8) is 0 Å². The topological polar surface area (TPSA) is 0 Å². The number of alkyl halides is 17. The van der Waals surface area contributed by atoms with Gasteiger partial charge in [0.25, 0.3) is 0 Å². The van der Waals surface area contributed by atoms with Crippen LogP contribution in [0, 0.1) is 0 Å². The van der Waals surface area contributed by atoms with Gasteiger partial charge < -0.3 is 0 Å². The molecular weight excluding hydrogens is 462 g/mol. The molecule has 0 aliphatic heterocycles. The first-order chi connectivity index (χ1) is 11.8. The van der Waals surface area contributed by atoms with E-state index in [1.807, 2.05) is 0 Å². The van der Waals surface area contributed by atoms with Gasteiger partial charge in [0.15, 0.2) is 5.83 Å². The van der Waals surface area contributed by atoms with E-state index in [-0.39, 0.29) is 0 Å². The molecule has 28 heavy (non-hydrogen) atoms. The van der Waals surface area contributed by atoms with Crippen LogP contribution in [0.25, 0.3) is 0 Å². The Hall–Kier alpha value is -1.52. The number of rotatable bonds is 2. The van der Waals surface area contributed by atoms with Crippen molar-refractivity contribution in [2.45, 2.75) is 47.6 Å². The fourth-order valence-electron chi connectivity index (χ4n) is 2.02. The zero-order chi connectivity index (χ0) is 23.2. The second kappa shape index (κ2) is 5.54. The van der Waals surface area contributed by atoms with Crippen molar-refractivity contribution in [3.8, 4) is 0 Å². The summed E-state index contributed by atoms with van der Waals surface area (Å²) in [6, 6.07) is 0. The third-order valence-corrected chi connectivity index (χ3v) is 3.52. The molecule has 0 aromatic rings. The molecule has 0 radical (unpaired) electrons. The fraction of sp³-hybridized carbons (Fsp3) is 0.800. The van der Waals surface area contributed by atoms with Crippen LogP contribution >= 0.6 is 0 Å². The van der Waals surface area contributed by atoms with Gasteiger partial charge >= 0.3 is 47.6 Å². The second-order valence-corrected chi connectivity index (χ2v) is 5.21. The van der Waals surface area contributed by atoms with Gasteiger partial charge in [-0.2, -0.15) is 70.2 Å². The Morgan fingerprint density at radius 3 is 1.11 bits per heavy atom. The minimum Gasteiger partial charge on any atom is -0.221 e. The van der Waals surface area contributed by atoms with Gasteiger partial charge in [-0.05, 0) is 0 Å². The average molecular weight is 462 g/mol. The van der Waals surface area contributed by atoms with Crippen LogP contribution in [0.1, 0.15) is 0 Å². The van der Waals surface area contributed by atoms with Crippen molar-refractivity contribution in [1.29, 1.82) is 0 Å². The first-order valence-corrected chi connectivity index (χ1v) is 5.90. The van der Waals surface area contributed by atoms with Crippen molar-refractivity contribution >= 4 is 0 Å². The molecule has 0 aromatic carbocycles. The van der Waals surface area contributed by atoms with Crippen LogP contribution < -0.4 is 0 Å². The molecule has 166 valence electrons. The highest BCUT2D eigenvalue weighted by atomic mass is 19.4. The van der Waals surface area contributed by atoms with E-state index in [0.29, 0.717) is 0 Å². The van der Waals surface area contributed by atoms with Crippen LogP contribution in [0.2, 0.25) is 0 Å². The maximum atomic E-state index is 13.9. The van der Waals surface area contributed by atoms with Crippen molar-refractivity contribution < 1.29 is 79.0 Å². The summed E-state index contributed by atoms with van der Waals surface area (Å²) in [4.78, 5) is 0. The van der Waals surface area contributed by atoms with Crippen molar-refractivity contribution in [3.05, 3.63) is 11.4 Å². The molecule has 0 aromatic heterocycles. The molecular formula is C10F18. The molecule has 0 bridgehead atoms. The zero-order valence-corrected chi connectivity index (χ0v) is 11.8. The standard InChI is InChI=1S/C10F18/c11-2-1(3(12,9(23,24)25)6(17,18)10(26,27)28)4(13,14)7(19,20)8(21,22)5(2,15)16. The largest absolute Gasteiger partial charge is 0.457 e. The Morgan fingerprint density at radius 2 is 0.821 bits per heavy atom. The molecule has 0 heterocycles. The summed E-state index contributed by atoms with van der Waals surface area (Å²) in [5.74, 6) is -44.6. The molecule has 0 nitrogen and oxygen atoms in total. The highest BCUT2D eigenvalue weighted by Gasteiger charge is 2.94. The minimum atomic E-state index is -8.32. The average Bonchev–Trinajstić information content (AvgIpc) is 2.42. The highest BCUT2D eigenvalue weighted by Crippen LogP contribution is 2.68. The monoisotopic (exact) mass is 462 g/mol. The number of hydrogen-bond donors (Lipinski definition) is 0. The van der Waals surface area contributed by atoms with E-state index in [2.05, 4.69) is 0 Å². The molecule has 1 atom stereocenters. The van der Waals surface area contributed by atoms with Gasteiger partial charge in [0.05, 0.1) is 5.57 Å². The van der Waals surface area contributed by atoms with E-state index >= 15 is 0 Å². The van der Waals surface area contributed by atoms with Gasteiger partial charge in [0.1, 0.15) is 0 Å². The maximum Gasteiger partial charge on any atom is 0.457 e. The third-order valence-electron chi connectivity index (χ3n) is 3.52. The van der Waals surface area contributed by atoms with Gasteiger partial charge in [-0.15, -0.1) is 0 Å². The van der Waals surface area contributed by atoms with E-state index in [1.54, 1.807) is 0 Å². The highest BCUT2D eigenvalue weighted by molar-refractivity contribution is 5.44. The van der Waals surface area contributed by atoms with Crippen molar-refractivity contribution in [1.82, 2.24) is 0 Å². The summed E-state index contributed by atoms with van der Waals surface area (Å²) >= 11 is 0. The molecule has 1 rings (SSSR count). The molecule has 0 spiro atoms. The van der Waals surface area contributed by atoms with Gasteiger partial charge in [-0.1, -0.05) is 0 Å². The SMILES string of the molecule is FC1=C(C(F)(C(F)(F)F)C(F)(F)C(F)(F)F)C(F)(F)C(F)(F)C(F)(F)C1(F)F. The first kappa shape index (κ1) is 24.5. The lowest BCUT2D eigenvalue weighted by Crippen LogP contribution is -2.73. The Labute approximate surface area is 139 Å². The van der Waals surface area contributed by atoms with Crippen LogP contribution in [0.3, 0.4) is 0 Å². The summed E-state index contributed by atoms with van der Waals surface area (Å²) in [6.45, 7) is 0. The van der Waals surface area contributed by atoms with Crippen LogP contribution in [0.5, 0.6) is 0 Å². The van der Waals surface area contributed by atoms with Crippen LogP contribution in [0.15, 0.2) is 11.4 Å². The predicted octanol–water partition coefficient (Wildman–Crippen LogP) is 6.23. The van der Waals surface area contributed by atoms with E-state index in [0.717, 1.165) is 0 Å². The Bertz CT molecular complexity index is 673. The predicted molar refractivity (Wildman–Crippen MR) is 48.8 cm³/mol. The molecule has 1 aliphatic carbocycles. The molecule has 1 unspecified atom stereocenters. The van der Waals surface area contributed by atoms with Crippen LogP contribution in [-0.4, -0.2) is 47.6 Å². The maximum absolute atomic E-state index is 13.9. The minimum absolute atomic E-state index is 5.27. The van der Waals surface area contributed by atoms with Gasteiger partial charge in [0, 0.05) is 0 Å². The lowest BCUT2D eigenvalue weighted by molar-refractivity contribution is -0.399. The summed E-state index contributed by atoms with van der Waals surface area (Å²) in [6.07, 6.45) is -16.0. The summed E-state index contributed by atoms with van der Waals surface area (Å²) < 4.78 is 232. The molecule has 1 aliphatic rings. The zero-order valence-electron chi connectivity index (χ0n) is 11.8. The molecule has 0 N–H and O–H groups in total. The molecule has 0 saturated carbocycles. The quantitative estimate of drug-likeness (QED) is 0.427. The number of halogens is 18. The summed E-state index contributed by atoms with van der Waals surface area (Å²) in [5.41, 5.74) is -13.9. The molecule has 0 saturated heterocycles. The first-order valence-electron chi connectivity index (χ1n) is 5.90. The van der Waals surface area contributed by atoms with E-state index < -0.39 is 59.0 Å². The molecule has 18 heteroatoms. The Balaban J connectivity index is 4.26. The lowest BCUT2D eigenvalue weighted by Gasteiger charge is -2.46. The van der Waals surface area contributed by atoms with Crippen molar-refractivity contribution in [2.24, 2.45) is 0 Å². The second-order valence-electron chi connectivity index (χ2n) is 5.21. The third kappa shape index (κ3) is 2.43. The summed E-state index contributed by atoms with van der Waals surface area (Å²) in [5, 5.41) is 0. The molecule has 0 amide bonds. The molecule has 0 fully saturated rings. The summed E-state index contributed by atoms with van der Waals surface area (Å²) in [7, 11) is 0. The van der Waals surface area contributed by atoms with Crippen LogP contribution in [-0.2, 0) is 0 Å². The smallest absolute Gasteiger partial charge is 0.221 e. The van der Waals surface area contributed by atoms with E-state index in [1.165, 1.54) is 0 Å². The fourth-order valence-corrected chi connectivity index (χ4v) is 2.02. The Kier molecular flexibility index (Phi) is 4.85. The van der Waals surface area contributed by atoms with Crippen LogP contribution in [0.4, 0.5) is 79.0 Å².